The van der Waals surface area contributed by atoms with Crippen LogP contribution in [0.3, 0.4) is 0 Å². The summed E-state index contributed by atoms with van der Waals surface area (Å²) in [6.45, 7) is 1.93. The number of hydrogen-bond donors (Lipinski definition) is 0. The molecule has 26 heavy (non-hydrogen) atoms. The average molecular weight is 358 g/mol. The summed E-state index contributed by atoms with van der Waals surface area (Å²) in [5.74, 6) is 0.282. The van der Waals surface area contributed by atoms with E-state index < -0.39 is 16.0 Å². The Bertz CT molecular complexity index is 888. The minimum Gasteiger partial charge on any atom is -0.395 e. The van der Waals surface area contributed by atoms with Crippen LogP contribution in [0.1, 0.15) is 25.3 Å². The van der Waals surface area contributed by atoms with Crippen LogP contribution in [0.25, 0.3) is 0 Å². The Labute approximate surface area is 147 Å². The minimum atomic E-state index is -1.03. The fraction of sp³-hybridized carbons (Fsp3) is 0.235. The number of nitro groups is 2. The highest BCUT2D eigenvalue weighted by atomic mass is 16.7. The molecule has 0 saturated heterocycles. The van der Waals surface area contributed by atoms with E-state index >= 15 is 0 Å². The van der Waals surface area contributed by atoms with Crippen molar-refractivity contribution < 1.29 is 24.1 Å². The molecule has 0 radical (unpaired) electrons. The number of nitrogens with zero attached hydrogens (tertiary/aromatic N) is 2. The summed E-state index contributed by atoms with van der Waals surface area (Å²) in [5, 5.41) is 21.6. The summed E-state index contributed by atoms with van der Waals surface area (Å²) in [6, 6.07) is 8.98. The summed E-state index contributed by atoms with van der Waals surface area (Å²) < 4.78 is 10.2. The highest BCUT2D eigenvalue weighted by molar-refractivity contribution is 5.68. The van der Waals surface area contributed by atoms with Gasteiger partial charge < -0.3 is 9.47 Å². The Morgan fingerprint density at radius 3 is 2.08 bits per heavy atom. The predicted octanol–water partition coefficient (Wildman–Crippen LogP) is 4.13. The monoisotopic (exact) mass is 358 g/mol. The van der Waals surface area contributed by atoms with E-state index in [1.165, 1.54) is 42.5 Å². The third kappa shape index (κ3) is 3.61. The van der Waals surface area contributed by atoms with Crippen molar-refractivity contribution >= 4 is 17.5 Å². The van der Waals surface area contributed by atoms with Crippen molar-refractivity contribution in [2.24, 2.45) is 0 Å². The quantitative estimate of drug-likeness (QED) is 0.341. The van der Waals surface area contributed by atoms with Crippen LogP contribution in [-0.4, -0.2) is 16.0 Å². The highest BCUT2D eigenvalue weighted by Gasteiger charge is 2.42. The Hall–Kier alpha value is -3.49. The van der Waals surface area contributed by atoms with Crippen molar-refractivity contribution in [3.8, 4) is 11.5 Å². The molecule has 9 heteroatoms. The molecule has 0 unspecified atom stereocenters. The lowest BCUT2D eigenvalue weighted by Crippen LogP contribution is -2.16. The molecule has 1 aliphatic rings. The van der Waals surface area contributed by atoms with Crippen molar-refractivity contribution in [3.63, 3.8) is 0 Å². The molecular formula is C17H14N2O7. The van der Waals surface area contributed by atoms with Crippen molar-refractivity contribution in [3.05, 3.63) is 68.3 Å². The standard InChI is InChI=1S/C17H14N2O7/c1-17(8-9-17)14-10-12(19(23)24)4-7-15(14)26-16(20)25-13-5-2-11(3-6-13)18(21)22/h2-7,10H,8-9H2,1H3. The lowest BCUT2D eigenvalue weighted by molar-refractivity contribution is -0.385. The van der Waals surface area contributed by atoms with Gasteiger partial charge in [0.05, 0.1) is 9.85 Å². The van der Waals surface area contributed by atoms with Crippen molar-refractivity contribution in [1.29, 1.82) is 0 Å². The van der Waals surface area contributed by atoms with Gasteiger partial charge in [0.2, 0.25) is 0 Å². The number of benzene rings is 2. The first kappa shape index (κ1) is 17.3. The Morgan fingerprint density at radius 1 is 0.962 bits per heavy atom. The minimum absolute atomic E-state index is 0.0794. The molecule has 1 fully saturated rings. The van der Waals surface area contributed by atoms with Crippen LogP contribution in [0.15, 0.2) is 42.5 Å². The second-order valence-electron chi connectivity index (χ2n) is 6.20. The largest absolute Gasteiger partial charge is 0.519 e. The van der Waals surface area contributed by atoms with Crippen molar-refractivity contribution in [1.82, 2.24) is 0 Å². The molecule has 0 amide bonds. The topological polar surface area (TPSA) is 122 Å². The van der Waals surface area contributed by atoms with E-state index in [9.17, 15) is 25.0 Å². The molecule has 0 spiro atoms. The highest BCUT2D eigenvalue weighted by Crippen LogP contribution is 2.51. The molecule has 2 aromatic carbocycles. The second kappa shape index (κ2) is 6.43. The van der Waals surface area contributed by atoms with Crippen LogP contribution in [0.4, 0.5) is 16.2 Å². The SMILES string of the molecule is CC1(c2cc([N+](=O)[O-])ccc2OC(=O)Oc2ccc([N+](=O)[O-])cc2)CC1. The van der Waals surface area contributed by atoms with E-state index in [0.717, 1.165) is 12.8 Å². The number of rotatable bonds is 5. The van der Waals surface area contributed by atoms with E-state index in [4.69, 9.17) is 9.47 Å². The van der Waals surface area contributed by atoms with Crippen LogP contribution >= 0.6 is 0 Å². The summed E-state index contributed by atoms with van der Waals surface area (Å²) in [6.07, 6.45) is 0.641. The van der Waals surface area contributed by atoms with Gasteiger partial charge in [0.25, 0.3) is 11.4 Å². The molecule has 0 heterocycles. The molecule has 1 aliphatic carbocycles. The molecule has 0 atom stereocenters. The molecule has 0 N–H and O–H groups in total. The number of hydrogen-bond acceptors (Lipinski definition) is 7. The molecule has 2 aromatic rings. The maximum absolute atomic E-state index is 12.0. The van der Waals surface area contributed by atoms with Gasteiger partial charge in [-0.05, 0) is 36.5 Å². The summed E-state index contributed by atoms with van der Waals surface area (Å²) in [7, 11) is 0. The van der Waals surface area contributed by atoms with Crippen LogP contribution < -0.4 is 9.47 Å². The zero-order valence-corrected chi connectivity index (χ0v) is 13.7. The van der Waals surface area contributed by atoms with Gasteiger partial charge in [0.1, 0.15) is 11.5 Å². The number of ether oxygens (including phenoxy) is 2. The van der Waals surface area contributed by atoms with Gasteiger partial charge in [-0.15, -0.1) is 0 Å². The second-order valence-corrected chi connectivity index (χ2v) is 6.20. The number of carbonyl (C=O) groups is 1. The smallest absolute Gasteiger partial charge is 0.395 e. The van der Waals surface area contributed by atoms with Gasteiger partial charge in [-0.25, -0.2) is 4.79 Å². The summed E-state index contributed by atoms with van der Waals surface area (Å²) in [5.41, 5.74) is 0.0937. The van der Waals surface area contributed by atoms with E-state index in [-0.39, 0.29) is 28.3 Å². The number of carbonyl (C=O) groups excluding carboxylic acids is 1. The van der Waals surface area contributed by atoms with Gasteiger partial charge in [0, 0.05) is 29.8 Å². The van der Waals surface area contributed by atoms with Crippen LogP contribution in [0.2, 0.25) is 0 Å². The lowest BCUT2D eigenvalue weighted by Gasteiger charge is -2.14. The molecule has 0 aliphatic heterocycles. The fourth-order valence-corrected chi connectivity index (χ4v) is 2.49. The van der Waals surface area contributed by atoms with E-state index in [2.05, 4.69) is 0 Å². The van der Waals surface area contributed by atoms with Gasteiger partial charge in [-0.2, -0.15) is 0 Å². The van der Waals surface area contributed by atoms with Gasteiger partial charge in [-0.3, -0.25) is 20.2 Å². The van der Waals surface area contributed by atoms with Crippen molar-refractivity contribution in [2.45, 2.75) is 25.2 Å². The van der Waals surface area contributed by atoms with E-state index in [0.29, 0.717) is 5.56 Å². The molecule has 0 aromatic heterocycles. The van der Waals surface area contributed by atoms with E-state index in [1.807, 2.05) is 6.92 Å². The van der Waals surface area contributed by atoms with Crippen LogP contribution in [0.5, 0.6) is 11.5 Å². The fourth-order valence-electron chi connectivity index (χ4n) is 2.49. The van der Waals surface area contributed by atoms with Gasteiger partial charge >= 0.3 is 6.16 Å². The third-order valence-electron chi connectivity index (χ3n) is 4.27. The molecule has 1 saturated carbocycles. The zero-order chi connectivity index (χ0) is 18.9. The molecule has 9 nitrogen and oxygen atoms in total. The van der Waals surface area contributed by atoms with E-state index in [1.54, 1.807) is 0 Å². The molecular weight excluding hydrogens is 344 g/mol. The number of non-ortho nitro benzene ring substituents is 2. The summed E-state index contributed by atoms with van der Waals surface area (Å²) in [4.78, 5) is 32.5. The van der Waals surface area contributed by atoms with Crippen molar-refractivity contribution in [2.75, 3.05) is 0 Å². The Kier molecular flexibility index (Phi) is 4.29. The predicted molar refractivity (Wildman–Crippen MR) is 89.4 cm³/mol. The van der Waals surface area contributed by atoms with Crippen LogP contribution in [0, 0.1) is 20.2 Å². The average Bonchev–Trinajstić information content (AvgIpc) is 3.34. The zero-order valence-electron chi connectivity index (χ0n) is 13.7. The Balaban J connectivity index is 1.76. The first-order valence-corrected chi connectivity index (χ1v) is 7.71. The summed E-state index contributed by atoms with van der Waals surface area (Å²) >= 11 is 0. The Morgan fingerprint density at radius 2 is 1.54 bits per heavy atom. The molecule has 134 valence electrons. The first-order valence-electron chi connectivity index (χ1n) is 7.71. The van der Waals surface area contributed by atoms with Gasteiger partial charge in [0.15, 0.2) is 0 Å². The molecule has 3 rings (SSSR count). The first-order chi connectivity index (χ1) is 12.3. The lowest BCUT2D eigenvalue weighted by atomic mass is 9.97. The van der Waals surface area contributed by atoms with Gasteiger partial charge in [-0.1, -0.05) is 6.92 Å². The van der Waals surface area contributed by atoms with Crippen LogP contribution in [-0.2, 0) is 5.41 Å². The third-order valence-corrected chi connectivity index (χ3v) is 4.27. The maximum Gasteiger partial charge on any atom is 0.519 e. The maximum atomic E-state index is 12.0. The number of nitro benzene ring substituents is 2. The molecule has 0 bridgehead atoms. The normalized spacial score (nSPS) is 14.3.